The Morgan fingerprint density at radius 1 is 1.17 bits per heavy atom. The van der Waals surface area contributed by atoms with Gasteiger partial charge in [-0.1, -0.05) is 12.8 Å². The third kappa shape index (κ3) is 7.08. The number of rotatable bonds is 6. The summed E-state index contributed by atoms with van der Waals surface area (Å²) >= 11 is 0. The largest absolute Gasteiger partial charge is 0.444 e. The highest BCUT2D eigenvalue weighted by molar-refractivity contribution is 5.67. The van der Waals surface area contributed by atoms with Crippen molar-refractivity contribution in [1.29, 1.82) is 0 Å². The van der Waals surface area contributed by atoms with Crippen molar-refractivity contribution in [2.24, 2.45) is 5.92 Å². The van der Waals surface area contributed by atoms with Gasteiger partial charge >= 0.3 is 6.09 Å². The van der Waals surface area contributed by atoms with E-state index >= 15 is 0 Å². The number of carbonyl (C=O) groups excluding carboxylic acids is 1. The lowest BCUT2D eigenvalue weighted by atomic mass is 9.84. The van der Waals surface area contributed by atoms with Gasteiger partial charge in [0, 0.05) is 19.2 Å². The third-order valence-corrected chi connectivity index (χ3v) is 4.71. The smallest absolute Gasteiger partial charge is 0.407 e. The molecule has 5 heteroatoms. The van der Waals surface area contributed by atoms with E-state index in [0.717, 1.165) is 19.6 Å². The molecule has 1 saturated heterocycles. The van der Waals surface area contributed by atoms with Gasteiger partial charge in [-0.15, -0.1) is 0 Å². The number of carbonyl (C=O) groups is 1. The summed E-state index contributed by atoms with van der Waals surface area (Å²) in [5, 5.41) is 6.64. The fourth-order valence-corrected chi connectivity index (χ4v) is 3.55. The van der Waals surface area contributed by atoms with E-state index in [-0.39, 0.29) is 6.09 Å². The number of ether oxygens (including phenoxy) is 2. The molecule has 2 rings (SSSR count). The second-order valence-corrected chi connectivity index (χ2v) is 7.91. The van der Waals surface area contributed by atoms with E-state index in [0.29, 0.717) is 24.6 Å². The molecule has 0 aromatic carbocycles. The van der Waals surface area contributed by atoms with Crippen molar-refractivity contribution < 1.29 is 14.3 Å². The van der Waals surface area contributed by atoms with Crippen molar-refractivity contribution in [3.63, 3.8) is 0 Å². The molecule has 1 aliphatic heterocycles. The quantitative estimate of drug-likeness (QED) is 0.787. The summed E-state index contributed by atoms with van der Waals surface area (Å²) in [5.74, 6) is 0.501. The zero-order chi connectivity index (χ0) is 16.7. The van der Waals surface area contributed by atoms with Crippen LogP contribution in [0.1, 0.15) is 65.7 Å². The Labute approximate surface area is 140 Å². The first-order chi connectivity index (χ1) is 10.9. The highest BCUT2D eigenvalue weighted by atomic mass is 16.6. The fourth-order valence-electron chi connectivity index (χ4n) is 3.55. The molecule has 1 aliphatic carbocycles. The molecule has 0 bridgehead atoms. The maximum atomic E-state index is 11.8. The second-order valence-electron chi connectivity index (χ2n) is 7.91. The highest BCUT2D eigenvalue weighted by Crippen LogP contribution is 2.24. The van der Waals surface area contributed by atoms with Crippen LogP contribution in [0.25, 0.3) is 0 Å². The van der Waals surface area contributed by atoms with Crippen molar-refractivity contribution in [3.8, 4) is 0 Å². The monoisotopic (exact) mass is 326 g/mol. The maximum Gasteiger partial charge on any atom is 0.407 e. The van der Waals surface area contributed by atoms with Crippen LogP contribution in [0.4, 0.5) is 4.79 Å². The Morgan fingerprint density at radius 3 is 2.65 bits per heavy atom. The normalized spacial score (nSPS) is 28.6. The van der Waals surface area contributed by atoms with Gasteiger partial charge in [-0.05, 0) is 65.3 Å². The molecule has 1 heterocycles. The molecule has 5 nitrogen and oxygen atoms in total. The van der Waals surface area contributed by atoms with E-state index in [1.807, 2.05) is 20.8 Å². The molecule has 3 unspecified atom stereocenters. The molecular formula is C18H34N2O3. The van der Waals surface area contributed by atoms with Crippen LogP contribution in [0.2, 0.25) is 0 Å². The zero-order valence-corrected chi connectivity index (χ0v) is 15.0. The van der Waals surface area contributed by atoms with Crippen molar-refractivity contribution in [3.05, 3.63) is 0 Å². The Kier molecular flexibility index (Phi) is 7.15. The van der Waals surface area contributed by atoms with Crippen LogP contribution >= 0.6 is 0 Å². The molecule has 0 radical (unpaired) electrons. The molecule has 0 spiro atoms. The van der Waals surface area contributed by atoms with E-state index in [1.165, 1.54) is 38.5 Å². The van der Waals surface area contributed by atoms with Crippen molar-refractivity contribution in [1.82, 2.24) is 10.6 Å². The average Bonchev–Trinajstić information content (AvgIpc) is 2.98. The number of alkyl carbamates (subject to hydrolysis) is 1. The molecule has 2 aliphatic rings. The predicted octanol–water partition coefficient (Wildman–Crippen LogP) is 3.23. The summed E-state index contributed by atoms with van der Waals surface area (Å²) in [6, 6.07) is 0.500. The Bertz CT molecular complexity index is 362. The van der Waals surface area contributed by atoms with Gasteiger partial charge in [-0.2, -0.15) is 0 Å². The summed E-state index contributed by atoms with van der Waals surface area (Å²) in [7, 11) is 0. The van der Waals surface area contributed by atoms with E-state index in [4.69, 9.17) is 9.47 Å². The number of amides is 1. The van der Waals surface area contributed by atoms with Gasteiger partial charge in [0.25, 0.3) is 0 Å². The van der Waals surface area contributed by atoms with Crippen molar-refractivity contribution in [2.45, 2.75) is 83.5 Å². The highest BCUT2D eigenvalue weighted by Gasteiger charge is 2.26. The van der Waals surface area contributed by atoms with Gasteiger partial charge in [0.1, 0.15) is 5.60 Å². The first kappa shape index (κ1) is 18.5. The summed E-state index contributed by atoms with van der Waals surface area (Å²) in [5.41, 5.74) is -0.435. The minimum Gasteiger partial charge on any atom is -0.444 e. The topological polar surface area (TPSA) is 59.6 Å². The van der Waals surface area contributed by atoms with E-state index in [1.54, 1.807) is 0 Å². The summed E-state index contributed by atoms with van der Waals surface area (Å²) < 4.78 is 11.0. The van der Waals surface area contributed by atoms with Gasteiger partial charge in [-0.25, -0.2) is 4.79 Å². The SMILES string of the molecule is CC(C)(C)OC(=O)NCC1CCCCC1NCCC1CCCO1. The molecule has 134 valence electrons. The Morgan fingerprint density at radius 2 is 1.96 bits per heavy atom. The molecule has 3 atom stereocenters. The van der Waals surface area contributed by atoms with Gasteiger partial charge in [-0.3, -0.25) is 0 Å². The minimum absolute atomic E-state index is 0.304. The molecule has 2 N–H and O–H groups in total. The number of hydrogen-bond acceptors (Lipinski definition) is 4. The van der Waals surface area contributed by atoms with Crippen LogP contribution in [0.3, 0.4) is 0 Å². The molecule has 0 aromatic heterocycles. The molecule has 0 aromatic rings. The fraction of sp³-hybridized carbons (Fsp3) is 0.944. The van der Waals surface area contributed by atoms with E-state index < -0.39 is 5.60 Å². The summed E-state index contributed by atoms with van der Waals surface area (Å²) in [4.78, 5) is 11.8. The van der Waals surface area contributed by atoms with Gasteiger partial charge in [0.05, 0.1) is 6.10 Å². The molecule has 23 heavy (non-hydrogen) atoms. The van der Waals surface area contributed by atoms with Crippen LogP contribution in [-0.4, -0.2) is 43.5 Å². The van der Waals surface area contributed by atoms with Gasteiger partial charge in [0.15, 0.2) is 0 Å². The Balaban J connectivity index is 1.68. The predicted molar refractivity (Wildman–Crippen MR) is 91.6 cm³/mol. The maximum absolute atomic E-state index is 11.8. The van der Waals surface area contributed by atoms with Crippen molar-refractivity contribution in [2.75, 3.05) is 19.7 Å². The van der Waals surface area contributed by atoms with Crippen LogP contribution < -0.4 is 10.6 Å². The van der Waals surface area contributed by atoms with Gasteiger partial charge < -0.3 is 20.1 Å². The molecular weight excluding hydrogens is 292 g/mol. The molecule has 1 amide bonds. The standard InChI is InChI=1S/C18H34N2O3/c1-18(2,3)23-17(21)20-13-14-7-4-5-9-16(14)19-11-10-15-8-6-12-22-15/h14-16,19H,4-13H2,1-3H3,(H,20,21). The van der Waals surface area contributed by atoms with Crippen LogP contribution in [-0.2, 0) is 9.47 Å². The average molecular weight is 326 g/mol. The number of nitrogens with one attached hydrogen (secondary N) is 2. The summed E-state index contributed by atoms with van der Waals surface area (Å²) in [6.45, 7) is 8.31. The summed E-state index contributed by atoms with van der Waals surface area (Å²) in [6.07, 6.45) is 8.56. The molecule has 2 fully saturated rings. The molecule has 1 saturated carbocycles. The van der Waals surface area contributed by atoms with Crippen LogP contribution in [0.5, 0.6) is 0 Å². The third-order valence-electron chi connectivity index (χ3n) is 4.71. The van der Waals surface area contributed by atoms with E-state index in [9.17, 15) is 4.79 Å². The van der Waals surface area contributed by atoms with Crippen LogP contribution in [0.15, 0.2) is 0 Å². The number of hydrogen-bond donors (Lipinski definition) is 2. The van der Waals surface area contributed by atoms with Crippen LogP contribution in [0, 0.1) is 5.92 Å². The lowest BCUT2D eigenvalue weighted by Gasteiger charge is -2.33. The lowest BCUT2D eigenvalue weighted by molar-refractivity contribution is 0.0510. The lowest BCUT2D eigenvalue weighted by Crippen LogP contribution is -2.45. The van der Waals surface area contributed by atoms with Gasteiger partial charge in [0.2, 0.25) is 0 Å². The Hall–Kier alpha value is -0.810. The first-order valence-corrected chi connectivity index (χ1v) is 9.26. The minimum atomic E-state index is -0.435. The van der Waals surface area contributed by atoms with E-state index in [2.05, 4.69) is 10.6 Å². The zero-order valence-electron chi connectivity index (χ0n) is 15.0. The second kappa shape index (κ2) is 8.88. The first-order valence-electron chi connectivity index (χ1n) is 9.26. The van der Waals surface area contributed by atoms with Crippen molar-refractivity contribution >= 4 is 6.09 Å².